The molecule has 0 N–H and O–H groups in total. The Hall–Kier alpha value is -4.64. The second-order valence-corrected chi connectivity index (χ2v) is 16.1. The van der Waals surface area contributed by atoms with Crippen molar-refractivity contribution in [3.63, 3.8) is 0 Å². The molecule has 4 heterocycles. The zero-order valence-electron chi connectivity index (χ0n) is 33.1. The first-order chi connectivity index (χ1) is 25.0. The van der Waals surface area contributed by atoms with Gasteiger partial charge < -0.3 is 9.80 Å². The predicted octanol–water partition coefficient (Wildman–Crippen LogP) is 11.7. The highest BCUT2D eigenvalue weighted by Gasteiger charge is 2.57. The number of pyridine rings is 1. The number of rotatable bonds is 10. The topological polar surface area (TPSA) is 28.2 Å². The molecule has 0 amide bonds. The van der Waals surface area contributed by atoms with Crippen LogP contribution in [0.2, 0.25) is 0 Å². The van der Waals surface area contributed by atoms with E-state index < -0.39 is 0 Å². The summed E-state index contributed by atoms with van der Waals surface area (Å²) >= 11 is 0. The van der Waals surface area contributed by atoms with Gasteiger partial charge >= 0.3 is 0 Å². The molecule has 5 aromatic rings. The molecule has 2 aromatic heterocycles. The third-order valence-electron chi connectivity index (χ3n) is 12.5. The molecule has 0 radical (unpaired) electrons. The Morgan fingerprint density at radius 3 is 2.15 bits per heavy atom. The zero-order chi connectivity index (χ0) is 36.9. The smallest absolute Gasteiger partial charge is 0.294 e. The van der Waals surface area contributed by atoms with Gasteiger partial charge in [-0.25, -0.2) is 9.55 Å². The molecule has 2 aliphatic heterocycles. The summed E-state index contributed by atoms with van der Waals surface area (Å²) in [6, 6.07) is 29.6. The molecule has 0 aliphatic carbocycles. The Morgan fingerprint density at radius 1 is 0.808 bits per heavy atom. The first-order valence-electron chi connectivity index (χ1n) is 19.6. The summed E-state index contributed by atoms with van der Waals surface area (Å²) < 4.78 is 5.16. The molecular formula is C47H58N5+. The van der Waals surface area contributed by atoms with Crippen LogP contribution in [0.5, 0.6) is 0 Å². The number of allylic oxidation sites excluding steroid dienone is 1. The highest BCUT2D eigenvalue weighted by molar-refractivity contribution is 5.84. The monoisotopic (exact) mass is 692 g/mol. The van der Waals surface area contributed by atoms with Gasteiger partial charge in [0.05, 0.1) is 16.9 Å². The average molecular weight is 693 g/mol. The molecule has 0 saturated heterocycles. The van der Waals surface area contributed by atoms with Crippen molar-refractivity contribution in [2.24, 2.45) is 0 Å². The maximum Gasteiger partial charge on any atom is 0.294 e. The lowest BCUT2D eigenvalue weighted by molar-refractivity contribution is -0.765. The van der Waals surface area contributed by atoms with E-state index in [-0.39, 0.29) is 17.1 Å². The lowest BCUT2D eigenvalue weighted by atomic mass is 9.58. The van der Waals surface area contributed by atoms with Gasteiger partial charge in [-0.3, -0.25) is 0 Å². The number of aromatic nitrogens is 3. The van der Waals surface area contributed by atoms with Crippen molar-refractivity contribution < 1.29 is 4.57 Å². The highest BCUT2D eigenvalue weighted by Crippen LogP contribution is 2.53. The van der Waals surface area contributed by atoms with E-state index in [4.69, 9.17) is 4.98 Å². The van der Waals surface area contributed by atoms with Crippen molar-refractivity contribution in [3.05, 3.63) is 126 Å². The molecule has 270 valence electrons. The second kappa shape index (κ2) is 13.7. The molecule has 3 atom stereocenters. The Kier molecular flexibility index (Phi) is 9.44. The molecule has 0 saturated carbocycles. The fraction of sp³-hybridized carbons (Fsp3) is 0.404. The van der Waals surface area contributed by atoms with Gasteiger partial charge in [0.25, 0.3) is 5.82 Å². The first kappa shape index (κ1) is 35.7. The molecule has 5 nitrogen and oxygen atoms in total. The van der Waals surface area contributed by atoms with Crippen molar-refractivity contribution in [2.75, 3.05) is 9.80 Å². The van der Waals surface area contributed by atoms with Crippen LogP contribution in [0.3, 0.4) is 0 Å². The number of fused-ring (bicyclic) bond motifs is 4. The third-order valence-corrected chi connectivity index (χ3v) is 12.5. The van der Waals surface area contributed by atoms with Crippen LogP contribution in [0.25, 0.3) is 23.2 Å². The quantitative estimate of drug-likeness (QED) is 0.136. The standard InChI is InChI=1S/C47H58N5/c1-11-46(10)47(12-2,28-18-21-36-20-13-16-26-41(36)52-35(9)51(34(7)8)42-27-19-29-48-44(42)52)40-25-15-14-22-39(40)45-49(30-31-50(45)46)43-37(32(3)4)23-17-24-38(43)33(5)6/h13-27,29-35H,11-12,28H2,1-10H3/q+1. The fourth-order valence-electron chi connectivity index (χ4n) is 9.73. The summed E-state index contributed by atoms with van der Waals surface area (Å²) in [7, 11) is 0. The minimum Gasteiger partial charge on any atom is -0.346 e. The molecule has 0 spiro atoms. The number of nitrogens with zero attached hydrogens (tertiary/aromatic N) is 5. The zero-order valence-corrected chi connectivity index (χ0v) is 33.1. The van der Waals surface area contributed by atoms with Gasteiger partial charge in [-0.15, -0.1) is 0 Å². The summed E-state index contributed by atoms with van der Waals surface area (Å²) in [5.41, 5.74) is 10.3. The summed E-state index contributed by atoms with van der Waals surface area (Å²) in [6.45, 7) is 23.4. The van der Waals surface area contributed by atoms with Crippen LogP contribution in [-0.4, -0.2) is 21.8 Å². The Morgan fingerprint density at radius 2 is 1.48 bits per heavy atom. The van der Waals surface area contributed by atoms with Crippen molar-refractivity contribution in [2.45, 2.75) is 123 Å². The van der Waals surface area contributed by atoms with Gasteiger partial charge in [0.2, 0.25) is 0 Å². The Balaban J connectivity index is 1.34. The third kappa shape index (κ3) is 5.33. The summed E-state index contributed by atoms with van der Waals surface area (Å²) in [5.74, 6) is 3.15. The number of imidazole rings is 1. The van der Waals surface area contributed by atoms with E-state index in [0.717, 1.165) is 25.1 Å². The number of benzene rings is 3. The van der Waals surface area contributed by atoms with Gasteiger partial charge in [0, 0.05) is 28.8 Å². The van der Waals surface area contributed by atoms with Gasteiger partial charge in [0.15, 0.2) is 5.82 Å². The number of anilines is 3. The molecular weight excluding hydrogens is 635 g/mol. The van der Waals surface area contributed by atoms with E-state index >= 15 is 0 Å². The molecule has 3 aromatic carbocycles. The molecule has 0 bridgehead atoms. The van der Waals surface area contributed by atoms with Gasteiger partial charge in [-0.2, -0.15) is 4.57 Å². The molecule has 52 heavy (non-hydrogen) atoms. The second-order valence-electron chi connectivity index (χ2n) is 16.1. The molecule has 0 fully saturated rings. The van der Waals surface area contributed by atoms with Crippen LogP contribution < -0.4 is 14.4 Å². The Bertz CT molecular complexity index is 2080. The van der Waals surface area contributed by atoms with Crippen LogP contribution in [0.4, 0.5) is 17.2 Å². The normalized spacial score (nSPS) is 21.1. The van der Waals surface area contributed by atoms with Crippen LogP contribution in [0.1, 0.15) is 123 Å². The van der Waals surface area contributed by atoms with Crippen LogP contribution in [0.15, 0.2) is 104 Å². The maximum absolute atomic E-state index is 4.90. The number of hydrogen-bond acceptors (Lipinski definition) is 3. The predicted molar refractivity (Wildman–Crippen MR) is 219 cm³/mol. The SMILES string of the molecule is CCC1(CC=Cc2ccccc2N2c3ncccc3N(C(C)C)C2C)c2ccccc2-c2n(-c3c(C(C)C)cccc3C(C)C)cc[n+]2C1(C)CC. The summed E-state index contributed by atoms with van der Waals surface area (Å²) in [5, 5.41) is 0. The summed E-state index contributed by atoms with van der Waals surface area (Å²) in [6.07, 6.45) is 14.6. The van der Waals surface area contributed by atoms with Gasteiger partial charge in [-0.05, 0) is 94.2 Å². The molecule has 3 unspecified atom stereocenters. The van der Waals surface area contributed by atoms with E-state index in [1.165, 1.54) is 50.7 Å². The molecule has 2 aliphatic rings. The number of hydrogen-bond donors (Lipinski definition) is 0. The van der Waals surface area contributed by atoms with E-state index in [2.05, 4.69) is 192 Å². The Labute approximate surface area is 312 Å². The van der Waals surface area contributed by atoms with E-state index in [1.807, 2.05) is 6.20 Å². The van der Waals surface area contributed by atoms with Crippen LogP contribution in [-0.2, 0) is 11.0 Å². The van der Waals surface area contributed by atoms with Crippen molar-refractivity contribution >= 4 is 23.3 Å². The summed E-state index contributed by atoms with van der Waals surface area (Å²) in [4.78, 5) is 9.80. The van der Waals surface area contributed by atoms with Crippen molar-refractivity contribution in [3.8, 4) is 17.1 Å². The van der Waals surface area contributed by atoms with Crippen molar-refractivity contribution in [1.29, 1.82) is 0 Å². The first-order valence-corrected chi connectivity index (χ1v) is 19.6. The lowest BCUT2D eigenvalue weighted by Gasteiger charge is -2.49. The molecule has 7 rings (SSSR count). The van der Waals surface area contributed by atoms with Gasteiger partial charge in [-0.1, -0.05) is 108 Å². The van der Waals surface area contributed by atoms with Crippen molar-refractivity contribution in [1.82, 2.24) is 9.55 Å². The maximum atomic E-state index is 4.90. The fourth-order valence-corrected chi connectivity index (χ4v) is 9.73. The minimum absolute atomic E-state index is 0.115. The highest BCUT2D eigenvalue weighted by atomic mass is 15.4. The number of para-hydroxylation sites is 2. The minimum atomic E-state index is -0.157. The van der Waals surface area contributed by atoms with E-state index in [1.54, 1.807) is 0 Å². The van der Waals surface area contributed by atoms with Gasteiger partial charge in [0.1, 0.15) is 29.8 Å². The average Bonchev–Trinajstić information content (AvgIpc) is 3.72. The molecule has 5 heteroatoms. The van der Waals surface area contributed by atoms with E-state index in [9.17, 15) is 0 Å². The van der Waals surface area contributed by atoms with Crippen LogP contribution in [0, 0.1) is 0 Å². The van der Waals surface area contributed by atoms with E-state index in [0.29, 0.717) is 17.9 Å². The van der Waals surface area contributed by atoms with Crippen LogP contribution >= 0.6 is 0 Å². The largest absolute Gasteiger partial charge is 0.346 e. The lowest BCUT2D eigenvalue weighted by Crippen LogP contribution is -2.68.